The van der Waals surface area contributed by atoms with E-state index >= 15 is 0 Å². The monoisotopic (exact) mass is 209 g/mol. The summed E-state index contributed by atoms with van der Waals surface area (Å²) in [5.74, 6) is 2.65. The number of nitrogens with zero attached hydrogens (tertiary/aromatic N) is 4. The molecule has 2 N–H and O–H groups in total. The number of nitrogens with two attached hydrogens (primary N) is 1. The summed E-state index contributed by atoms with van der Waals surface area (Å²) in [6.45, 7) is 4.92. The summed E-state index contributed by atoms with van der Waals surface area (Å²) in [5.41, 5.74) is 5.57. The zero-order valence-electron chi connectivity index (χ0n) is 9.48. The van der Waals surface area contributed by atoms with E-state index in [9.17, 15) is 0 Å². The second-order valence-corrected chi connectivity index (χ2v) is 4.35. The number of aromatic nitrogens is 3. The molecule has 0 atom stereocenters. The molecule has 0 saturated carbocycles. The maximum Gasteiger partial charge on any atom is 0.227 e. The third-order valence-corrected chi connectivity index (χ3v) is 3.19. The molecule has 0 bridgehead atoms. The van der Waals surface area contributed by atoms with E-state index in [1.807, 2.05) is 11.6 Å². The van der Waals surface area contributed by atoms with Gasteiger partial charge in [-0.3, -0.25) is 4.57 Å². The fraction of sp³-hybridized carbons (Fsp3) is 0.800. The van der Waals surface area contributed by atoms with Gasteiger partial charge in [0.15, 0.2) is 0 Å². The Bertz CT molecular complexity index is 325. The van der Waals surface area contributed by atoms with Gasteiger partial charge in [0, 0.05) is 20.1 Å². The predicted molar refractivity (Wildman–Crippen MR) is 59.5 cm³/mol. The molecule has 0 spiro atoms. The molecule has 0 radical (unpaired) electrons. The fourth-order valence-electron chi connectivity index (χ4n) is 2.01. The highest BCUT2D eigenvalue weighted by molar-refractivity contribution is 5.31. The van der Waals surface area contributed by atoms with Crippen LogP contribution in [0.3, 0.4) is 0 Å². The summed E-state index contributed by atoms with van der Waals surface area (Å²) < 4.78 is 2.00. The van der Waals surface area contributed by atoms with Crippen LogP contribution in [0.25, 0.3) is 0 Å². The van der Waals surface area contributed by atoms with Crippen molar-refractivity contribution in [2.75, 3.05) is 18.0 Å². The summed E-state index contributed by atoms with van der Waals surface area (Å²) >= 11 is 0. The van der Waals surface area contributed by atoms with Crippen LogP contribution < -0.4 is 10.6 Å². The van der Waals surface area contributed by atoms with Gasteiger partial charge < -0.3 is 10.6 Å². The van der Waals surface area contributed by atoms with Gasteiger partial charge in [0.05, 0.1) is 6.54 Å². The van der Waals surface area contributed by atoms with Crippen LogP contribution in [0.5, 0.6) is 0 Å². The normalized spacial score (nSPS) is 18.5. The fourth-order valence-corrected chi connectivity index (χ4v) is 2.01. The van der Waals surface area contributed by atoms with Crippen molar-refractivity contribution in [3.63, 3.8) is 0 Å². The van der Waals surface area contributed by atoms with Gasteiger partial charge in [-0.15, -0.1) is 10.2 Å². The van der Waals surface area contributed by atoms with Crippen molar-refractivity contribution < 1.29 is 0 Å². The quantitative estimate of drug-likeness (QED) is 0.771. The molecule has 1 aromatic rings. The van der Waals surface area contributed by atoms with Crippen LogP contribution >= 0.6 is 0 Å². The van der Waals surface area contributed by atoms with E-state index in [4.69, 9.17) is 5.73 Å². The Morgan fingerprint density at radius 1 is 1.33 bits per heavy atom. The van der Waals surface area contributed by atoms with E-state index in [2.05, 4.69) is 22.0 Å². The molecule has 2 rings (SSSR count). The maximum atomic E-state index is 5.57. The van der Waals surface area contributed by atoms with E-state index < -0.39 is 0 Å². The van der Waals surface area contributed by atoms with Crippen LogP contribution in [0.1, 0.15) is 25.6 Å². The zero-order valence-corrected chi connectivity index (χ0v) is 9.48. The predicted octanol–water partition coefficient (Wildman–Crippen LogP) is 0.510. The number of hydrogen-bond donors (Lipinski definition) is 1. The summed E-state index contributed by atoms with van der Waals surface area (Å²) in [4.78, 5) is 2.30. The Labute approximate surface area is 90.3 Å². The van der Waals surface area contributed by atoms with Crippen LogP contribution in [0.4, 0.5) is 5.95 Å². The van der Waals surface area contributed by atoms with Gasteiger partial charge in [-0.05, 0) is 18.8 Å². The third kappa shape index (κ3) is 1.97. The lowest BCUT2D eigenvalue weighted by Gasteiger charge is -2.30. The molecule has 84 valence electrons. The largest absolute Gasteiger partial charge is 0.341 e. The third-order valence-electron chi connectivity index (χ3n) is 3.19. The first-order valence-corrected chi connectivity index (χ1v) is 5.55. The molecule has 1 aromatic heterocycles. The molecule has 0 amide bonds. The molecule has 2 heterocycles. The summed E-state index contributed by atoms with van der Waals surface area (Å²) in [5, 5.41) is 8.27. The van der Waals surface area contributed by atoms with Crippen molar-refractivity contribution in [3.8, 4) is 0 Å². The van der Waals surface area contributed by atoms with Crippen molar-refractivity contribution in [1.82, 2.24) is 14.8 Å². The van der Waals surface area contributed by atoms with Crippen LogP contribution in [-0.2, 0) is 13.6 Å². The second kappa shape index (κ2) is 4.18. The minimum absolute atomic E-state index is 0.452. The van der Waals surface area contributed by atoms with E-state index in [0.29, 0.717) is 6.54 Å². The highest BCUT2D eigenvalue weighted by atomic mass is 15.4. The Morgan fingerprint density at radius 3 is 2.53 bits per heavy atom. The average molecular weight is 209 g/mol. The number of rotatable bonds is 2. The Morgan fingerprint density at radius 2 is 2.00 bits per heavy atom. The minimum Gasteiger partial charge on any atom is -0.341 e. The van der Waals surface area contributed by atoms with Crippen molar-refractivity contribution in [2.24, 2.45) is 18.7 Å². The molecule has 15 heavy (non-hydrogen) atoms. The van der Waals surface area contributed by atoms with E-state index in [1.54, 1.807) is 0 Å². The molecular weight excluding hydrogens is 190 g/mol. The van der Waals surface area contributed by atoms with Gasteiger partial charge in [-0.25, -0.2) is 0 Å². The van der Waals surface area contributed by atoms with Gasteiger partial charge in [0.1, 0.15) is 5.82 Å². The molecular formula is C10H19N5. The van der Waals surface area contributed by atoms with Gasteiger partial charge in [-0.2, -0.15) is 0 Å². The van der Waals surface area contributed by atoms with Gasteiger partial charge in [0.25, 0.3) is 0 Å². The molecule has 1 aliphatic heterocycles. The summed E-state index contributed by atoms with van der Waals surface area (Å²) in [6, 6.07) is 0. The lowest BCUT2D eigenvalue weighted by atomic mass is 10.00. The summed E-state index contributed by atoms with van der Waals surface area (Å²) in [6.07, 6.45) is 2.48. The lowest BCUT2D eigenvalue weighted by molar-refractivity contribution is 0.432. The highest BCUT2D eigenvalue weighted by Gasteiger charge is 2.20. The average Bonchev–Trinajstić information content (AvgIpc) is 2.61. The minimum atomic E-state index is 0.452. The first-order chi connectivity index (χ1) is 7.22. The molecule has 1 aliphatic rings. The molecule has 1 fully saturated rings. The first kappa shape index (κ1) is 10.4. The molecule has 1 saturated heterocycles. The van der Waals surface area contributed by atoms with Crippen LogP contribution in [0.2, 0.25) is 0 Å². The topological polar surface area (TPSA) is 60.0 Å². The standard InChI is InChI=1S/C10H19N5/c1-8-3-5-15(6-4-8)10-13-12-9(7-11)14(10)2/h8H,3-7,11H2,1-2H3. The Balaban J connectivity index is 2.12. The van der Waals surface area contributed by atoms with Crippen molar-refractivity contribution in [3.05, 3.63) is 5.82 Å². The summed E-state index contributed by atoms with van der Waals surface area (Å²) in [7, 11) is 1.98. The Hall–Kier alpha value is -1.10. The lowest BCUT2D eigenvalue weighted by Crippen LogP contribution is -2.34. The van der Waals surface area contributed by atoms with Crippen molar-refractivity contribution >= 4 is 5.95 Å². The van der Waals surface area contributed by atoms with Crippen molar-refractivity contribution in [1.29, 1.82) is 0 Å². The number of hydrogen-bond acceptors (Lipinski definition) is 4. The van der Waals surface area contributed by atoms with Crippen LogP contribution in [0.15, 0.2) is 0 Å². The SMILES string of the molecule is CC1CCN(c2nnc(CN)n2C)CC1. The van der Waals surface area contributed by atoms with E-state index in [-0.39, 0.29) is 0 Å². The first-order valence-electron chi connectivity index (χ1n) is 5.55. The maximum absolute atomic E-state index is 5.57. The number of piperidine rings is 1. The second-order valence-electron chi connectivity index (χ2n) is 4.35. The molecule has 0 aliphatic carbocycles. The zero-order chi connectivity index (χ0) is 10.8. The van der Waals surface area contributed by atoms with Crippen LogP contribution in [0, 0.1) is 5.92 Å². The smallest absolute Gasteiger partial charge is 0.227 e. The van der Waals surface area contributed by atoms with E-state index in [0.717, 1.165) is 30.8 Å². The van der Waals surface area contributed by atoms with Gasteiger partial charge in [0.2, 0.25) is 5.95 Å². The highest BCUT2D eigenvalue weighted by Crippen LogP contribution is 2.21. The Kier molecular flexibility index (Phi) is 2.90. The molecule has 0 aromatic carbocycles. The van der Waals surface area contributed by atoms with Gasteiger partial charge in [-0.1, -0.05) is 6.92 Å². The van der Waals surface area contributed by atoms with Crippen LogP contribution in [-0.4, -0.2) is 27.9 Å². The molecule has 0 unspecified atom stereocenters. The van der Waals surface area contributed by atoms with Gasteiger partial charge >= 0.3 is 0 Å². The molecule has 5 nitrogen and oxygen atoms in total. The van der Waals surface area contributed by atoms with E-state index in [1.165, 1.54) is 12.8 Å². The molecule has 5 heteroatoms. The number of anilines is 1. The van der Waals surface area contributed by atoms with Crippen molar-refractivity contribution in [2.45, 2.75) is 26.3 Å².